The zero-order valence-corrected chi connectivity index (χ0v) is 10.4. The van der Waals surface area contributed by atoms with Crippen molar-refractivity contribution in [3.05, 3.63) is 29.8 Å². The predicted octanol–water partition coefficient (Wildman–Crippen LogP) is 3.74. The van der Waals surface area contributed by atoms with Gasteiger partial charge in [-0.15, -0.1) is 0 Å². The minimum Gasteiger partial charge on any atom is -0.382 e. The largest absolute Gasteiger partial charge is 0.382 e. The van der Waals surface area contributed by atoms with Gasteiger partial charge in [-0.3, -0.25) is 0 Å². The molecular formula is C15H20N2. The Hall–Kier alpha value is -1.49. The van der Waals surface area contributed by atoms with Crippen LogP contribution < -0.4 is 5.32 Å². The molecule has 2 heteroatoms. The van der Waals surface area contributed by atoms with Gasteiger partial charge in [-0.25, -0.2) is 0 Å². The lowest BCUT2D eigenvalue weighted by Crippen LogP contribution is -2.30. The normalized spacial score (nSPS) is 24.0. The molecule has 0 aliphatic heterocycles. The van der Waals surface area contributed by atoms with E-state index in [1.807, 2.05) is 12.1 Å². The smallest absolute Gasteiger partial charge is 0.0669 e. The van der Waals surface area contributed by atoms with Gasteiger partial charge in [-0.05, 0) is 36.5 Å². The Morgan fingerprint density at radius 2 is 1.94 bits per heavy atom. The van der Waals surface area contributed by atoms with Crippen LogP contribution in [0.25, 0.3) is 0 Å². The Morgan fingerprint density at radius 3 is 2.59 bits per heavy atom. The van der Waals surface area contributed by atoms with Crippen molar-refractivity contribution in [3.8, 4) is 6.07 Å². The van der Waals surface area contributed by atoms with Gasteiger partial charge in [0.1, 0.15) is 0 Å². The van der Waals surface area contributed by atoms with Gasteiger partial charge in [0.15, 0.2) is 0 Å². The fourth-order valence-electron chi connectivity index (χ4n) is 2.55. The number of anilines is 1. The average molecular weight is 228 g/mol. The summed E-state index contributed by atoms with van der Waals surface area (Å²) in [5.41, 5.74) is 2.28. The number of nitrogens with one attached hydrogen (secondary N) is 1. The molecular weight excluding hydrogens is 208 g/mol. The summed E-state index contributed by atoms with van der Waals surface area (Å²) < 4.78 is 0. The molecule has 1 aliphatic carbocycles. The highest BCUT2D eigenvalue weighted by atomic mass is 14.9. The zero-order chi connectivity index (χ0) is 12.1. The monoisotopic (exact) mass is 228 g/mol. The molecule has 0 radical (unpaired) electrons. The van der Waals surface area contributed by atoms with Crippen molar-refractivity contribution in [1.29, 1.82) is 5.26 Å². The first-order chi connectivity index (χ1) is 8.29. The van der Waals surface area contributed by atoms with Crippen molar-refractivity contribution in [1.82, 2.24) is 0 Å². The molecule has 1 saturated carbocycles. The lowest BCUT2D eigenvalue weighted by atomic mass is 9.86. The first-order valence-electron chi connectivity index (χ1n) is 6.52. The Kier molecular flexibility index (Phi) is 4.03. The third-order valence-electron chi connectivity index (χ3n) is 3.70. The van der Waals surface area contributed by atoms with Crippen LogP contribution in [0.3, 0.4) is 0 Å². The van der Waals surface area contributed by atoms with E-state index in [4.69, 9.17) is 5.26 Å². The standard InChI is InChI=1S/C15H20N2/c1-12-4-2-3-5-15(12)17-14-8-6-13(7-9-14)10-11-16/h6-9,12,15,17H,2-5,10H2,1H3. The first kappa shape index (κ1) is 12.0. The summed E-state index contributed by atoms with van der Waals surface area (Å²) >= 11 is 0. The minimum atomic E-state index is 0.500. The van der Waals surface area contributed by atoms with Gasteiger partial charge >= 0.3 is 0 Å². The van der Waals surface area contributed by atoms with Crippen LogP contribution in [0.4, 0.5) is 5.69 Å². The van der Waals surface area contributed by atoms with Crippen molar-refractivity contribution in [2.45, 2.75) is 45.1 Å². The fourth-order valence-corrected chi connectivity index (χ4v) is 2.55. The lowest BCUT2D eigenvalue weighted by molar-refractivity contribution is 0.349. The molecule has 0 bridgehead atoms. The number of benzene rings is 1. The van der Waals surface area contributed by atoms with E-state index in [0.717, 1.165) is 11.5 Å². The number of nitrogens with zero attached hydrogens (tertiary/aromatic N) is 1. The van der Waals surface area contributed by atoms with Crippen molar-refractivity contribution >= 4 is 5.69 Å². The topological polar surface area (TPSA) is 35.8 Å². The molecule has 2 nitrogen and oxygen atoms in total. The third kappa shape index (κ3) is 3.23. The highest BCUT2D eigenvalue weighted by Crippen LogP contribution is 2.26. The molecule has 0 spiro atoms. The lowest BCUT2D eigenvalue weighted by Gasteiger charge is -2.30. The van der Waals surface area contributed by atoms with E-state index >= 15 is 0 Å². The van der Waals surface area contributed by atoms with E-state index in [9.17, 15) is 0 Å². The second kappa shape index (κ2) is 5.72. The van der Waals surface area contributed by atoms with Crippen LogP contribution in [0.1, 0.15) is 38.2 Å². The third-order valence-corrected chi connectivity index (χ3v) is 3.70. The molecule has 1 N–H and O–H groups in total. The summed E-state index contributed by atoms with van der Waals surface area (Å²) in [5, 5.41) is 12.2. The molecule has 2 unspecified atom stereocenters. The number of nitriles is 1. The molecule has 1 fully saturated rings. The van der Waals surface area contributed by atoms with Crippen molar-refractivity contribution in [2.75, 3.05) is 5.32 Å². The van der Waals surface area contributed by atoms with Crippen LogP contribution in [0, 0.1) is 17.2 Å². The maximum atomic E-state index is 8.62. The maximum absolute atomic E-state index is 8.62. The Labute approximate surface area is 104 Å². The fraction of sp³-hybridized carbons (Fsp3) is 0.533. The summed E-state index contributed by atoms with van der Waals surface area (Å²) in [5.74, 6) is 0.766. The first-order valence-corrected chi connectivity index (χ1v) is 6.52. The second-order valence-electron chi connectivity index (χ2n) is 5.04. The highest BCUT2D eigenvalue weighted by molar-refractivity contribution is 5.46. The van der Waals surface area contributed by atoms with Gasteiger partial charge in [0.25, 0.3) is 0 Å². The highest BCUT2D eigenvalue weighted by Gasteiger charge is 2.20. The Morgan fingerprint density at radius 1 is 1.24 bits per heavy atom. The van der Waals surface area contributed by atoms with Gasteiger partial charge in [-0.1, -0.05) is 31.9 Å². The Bertz CT molecular complexity index is 388. The molecule has 1 aliphatic rings. The molecule has 90 valence electrons. The molecule has 0 heterocycles. The summed E-state index contributed by atoms with van der Waals surface area (Å²) in [6.07, 6.45) is 5.83. The predicted molar refractivity (Wildman–Crippen MR) is 70.8 cm³/mol. The van der Waals surface area contributed by atoms with Crippen molar-refractivity contribution in [2.24, 2.45) is 5.92 Å². The van der Waals surface area contributed by atoms with Crippen LogP contribution in [0.15, 0.2) is 24.3 Å². The van der Waals surface area contributed by atoms with Crippen LogP contribution in [0.5, 0.6) is 0 Å². The van der Waals surface area contributed by atoms with E-state index in [-0.39, 0.29) is 0 Å². The Balaban J connectivity index is 1.96. The molecule has 17 heavy (non-hydrogen) atoms. The molecule has 0 amide bonds. The van der Waals surface area contributed by atoms with Gasteiger partial charge in [0.2, 0.25) is 0 Å². The van der Waals surface area contributed by atoms with Gasteiger partial charge in [-0.2, -0.15) is 5.26 Å². The van der Waals surface area contributed by atoms with Crippen molar-refractivity contribution in [3.63, 3.8) is 0 Å². The molecule has 1 aromatic carbocycles. The van der Waals surface area contributed by atoms with Gasteiger partial charge in [0, 0.05) is 11.7 Å². The molecule has 2 atom stereocenters. The molecule has 2 rings (SSSR count). The quantitative estimate of drug-likeness (QED) is 0.855. The van der Waals surface area contributed by atoms with Crippen LogP contribution in [-0.2, 0) is 6.42 Å². The molecule has 0 aromatic heterocycles. The van der Waals surface area contributed by atoms with E-state index in [1.54, 1.807) is 0 Å². The van der Waals surface area contributed by atoms with E-state index in [0.29, 0.717) is 12.5 Å². The second-order valence-corrected chi connectivity index (χ2v) is 5.04. The van der Waals surface area contributed by atoms with E-state index in [1.165, 1.54) is 31.4 Å². The zero-order valence-electron chi connectivity index (χ0n) is 10.4. The van der Waals surface area contributed by atoms with Gasteiger partial charge < -0.3 is 5.32 Å². The number of hydrogen-bond acceptors (Lipinski definition) is 2. The van der Waals surface area contributed by atoms with Crippen molar-refractivity contribution < 1.29 is 0 Å². The molecule has 1 aromatic rings. The van der Waals surface area contributed by atoms with Crippen LogP contribution in [-0.4, -0.2) is 6.04 Å². The summed E-state index contributed by atoms with van der Waals surface area (Å²) in [4.78, 5) is 0. The van der Waals surface area contributed by atoms with E-state index in [2.05, 4.69) is 30.4 Å². The van der Waals surface area contributed by atoms with Crippen LogP contribution >= 0.6 is 0 Å². The SMILES string of the molecule is CC1CCCCC1Nc1ccc(CC#N)cc1. The van der Waals surface area contributed by atoms with E-state index < -0.39 is 0 Å². The maximum Gasteiger partial charge on any atom is 0.0669 e. The molecule has 0 saturated heterocycles. The minimum absolute atomic E-state index is 0.500. The van der Waals surface area contributed by atoms with Gasteiger partial charge in [0.05, 0.1) is 12.5 Å². The number of hydrogen-bond donors (Lipinski definition) is 1. The summed E-state index contributed by atoms with van der Waals surface area (Å²) in [6, 6.07) is 11.1. The van der Waals surface area contributed by atoms with Crippen LogP contribution in [0.2, 0.25) is 0 Å². The summed E-state index contributed by atoms with van der Waals surface area (Å²) in [7, 11) is 0. The summed E-state index contributed by atoms with van der Waals surface area (Å²) in [6.45, 7) is 2.33. The number of rotatable bonds is 3. The average Bonchev–Trinajstić information content (AvgIpc) is 2.35.